The molecule has 1 aliphatic heterocycles. The van der Waals surface area contributed by atoms with Gasteiger partial charge in [-0.15, -0.1) is 0 Å². The van der Waals surface area contributed by atoms with Crippen molar-refractivity contribution in [2.45, 2.75) is 32.2 Å². The second-order valence-electron chi connectivity index (χ2n) is 6.37. The monoisotopic (exact) mass is 313 g/mol. The molecule has 1 saturated heterocycles. The number of hydrogen-bond acceptors (Lipinski definition) is 2. The Hall–Kier alpha value is -2.30. The van der Waals surface area contributed by atoms with Crippen molar-refractivity contribution in [3.63, 3.8) is 0 Å². The quantitative estimate of drug-likeness (QED) is 0.916. The van der Waals surface area contributed by atoms with Crippen molar-refractivity contribution >= 4 is 22.7 Å². The van der Waals surface area contributed by atoms with Gasteiger partial charge < -0.3 is 14.8 Å². The molecule has 2 aromatic rings. The molecule has 2 heterocycles. The number of para-hydroxylation sites is 1. The van der Waals surface area contributed by atoms with Crippen molar-refractivity contribution in [1.82, 2.24) is 14.8 Å². The number of benzene rings is 1. The Morgan fingerprint density at radius 1 is 1.35 bits per heavy atom. The molecule has 5 nitrogen and oxygen atoms in total. The van der Waals surface area contributed by atoms with Crippen molar-refractivity contribution in [2.24, 2.45) is 7.05 Å². The number of likely N-dealkylation sites (tertiary alicyclic amines) is 1. The summed E-state index contributed by atoms with van der Waals surface area (Å²) in [6, 6.07) is 8.06. The lowest BCUT2D eigenvalue weighted by Gasteiger charge is -2.21. The second kappa shape index (κ2) is 6.44. The third-order valence-corrected chi connectivity index (χ3v) is 4.40. The SMILES string of the molecule is C[C@@H](CN1CCCC1=O)NC(=O)Cc1cn(C)c2ccccc12. The summed E-state index contributed by atoms with van der Waals surface area (Å²) in [6.07, 6.45) is 3.94. The van der Waals surface area contributed by atoms with Crippen molar-refractivity contribution in [2.75, 3.05) is 13.1 Å². The maximum atomic E-state index is 12.3. The Labute approximate surface area is 136 Å². The minimum Gasteiger partial charge on any atom is -0.352 e. The smallest absolute Gasteiger partial charge is 0.224 e. The first-order chi connectivity index (χ1) is 11.0. The first kappa shape index (κ1) is 15.6. The molecule has 2 amide bonds. The molecule has 23 heavy (non-hydrogen) atoms. The molecule has 1 N–H and O–H groups in total. The molecule has 1 aliphatic rings. The average molecular weight is 313 g/mol. The first-order valence-electron chi connectivity index (χ1n) is 8.14. The van der Waals surface area contributed by atoms with Gasteiger partial charge in [0.15, 0.2) is 0 Å². The van der Waals surface area contributed by atoms with E-state index >= 15 is 0 Å². The van der Waals surface area contributed by atoms with E-state index < -0.39 is 0 Å². The highest BCUT2D eigenvalue weighted by Crippen LogP contribution is 2.20. The van der Waals surface area contributed by atoms with Crippen LogP contribution in [-0.2, 0) is 23.1 Å². The summed E-state index contributed by atoms with van der Waals surface area (Å²) < 4.78 is 2.05. The van der Waals surface area contributed by atoms with Gasteiger partial charge in [0.25, 0.3) is 0 Å². The molecule has 1 atom stereocenters. The van der Waals surface area contributed by atoms with E-state index in [2.05, 4.69) is 11.4 Å². The molecule has 0 aliphatic carbocycles. The normalized spacial score (nSPS) is 16.1. The summed E-state index contributed by atoms with van der Waals surface area (Å²) in [5.41, 5.74) is 2.16. The highest BCUT2D eigenvalue weighted by Gasteiger charge is 2.22. The number of nitrogens with zero attached hydrogens (tertiary/aromatic N) is 2. The van der Waals surface area contributed by atoms with Crippen LogP contribution in [0, 0.1) is 0 Å². The van der Waals surface area contributed by atoms with Crippen LogP contribution in [0.3, 0.4) is 0 Å². The van der Waals surface area contributed by atoms with Gasteiger partial charge in [0, 0.05) is 49.7 Å². The van der Waals surface area contributed by atoms with Gasteiger partial charge in [-0.05, 0) is 25.0 Å². The van der Waals surface area contributed by atoms with Crippen LogP contribution >= 0.6 is 0 Å². The number of amides is 2. The third kappa shape index (κ3) is 3.38. The van der Waals surface area contributed by atoms with Crippen LogP contribution in [-0.4, -0.2) is 40.4 Å². The summed E-state index contributed by atoms with van der Waals surface area (Å²) in [5, 5.41) is 4.13. The standard InChI is InChI=1S/C18H23N3O2/c1-13(11-21-9-5-8-18(21)23)19-17(22)10-14-12-20(2)16-7-4-3-6-15(14)16/h3-4,6-7,12-13H,5,8-11H2,1-2H3,(H,19,22)/t13-/m0/s1. The number of aryl methyl sites for hydroxylation is 1. The van der Waals surface area contributed by atoms with E-state index in [0.717, 1.165) is 29.4 Å². The molecule has 0 unspecified atom stereocenters. The maximum absolute atomic E-state index is 12.3. The van der Waals surface area contributed by atoms with Crippen molar-refractivity contribution < 1.29 is 9.59 Å². The lowest BCUT2D eigenvalue weighted by molar-refractivity contribution is -0.129. The van der Waals surface area contributed by atoms with E-state index in [1.165, 1.54) is 0 Å². The van der Waals surface area contributed by atoms with E-state index in [0.29, 0.717) is 19.4 Å². The van der Waals surface area contributed by atoms with Crippen LogP contribution in [0.15, 0.2) is 30.5 Å². The molecule has 1 aromatic heterocycles. The van der Waals surface area contributed by atoms with E-state index in [1.807, 2.05) is 47.8 Å². The van der Waals surface area contributed by atoms with Crippen LogP contribution in [0.25, 0.3) is 10.9 Å². The highest BCUT2D eigenvalue weighted by atomic mass is 16.2. The van der Waals surface area contributed by atoms with Gasteiger partial charge in [-0.2, -0.15) is 0 Å². The summed E-state index contributed by atoms with van der Waals surface area (Å²) in [5.74, 6) is 0.195. The molecular formula is C18H23N3O2. The lowest BCUT2D eigenvalue weighted by Crippen LogP contribution is -2.42. The zero-order valence-corrected chi connectivity index (χ0v) is 13.7. The third-order valence-electron chi connectivity index (χ3n) is 4.40. The van der Waals surface area contributed by atoms with E-state index in [9.17, 15) is 9.59 Å². The zero-order valence-electron chi connectivity index (χ0n) is 13.7. The number of carbonyl (C=O) groups excluding carboxylic acids is 2. The molecule has 1 aromatic carbocycles. The Balaban J connectivity index is 1.61. The number of aromatic nitrogens is 1. The van der Waals surface area contributed by atoms with Gasteiger partial charge in [-0.1, -0.05) is 18.2 Å². The minimum absolute atomic E-state index is 0.000462. The van der Waals surface area contributed by atoms with Gasteiger partial charge in [0.05, 0.1) is 6.42 Å². The predicted octanol–water partition coefficient (Wildman–Crippen LogP) is 1.85. The van der Waals surface area contributed by atoms with E-state index in [-0.39, 0.29) is 17.9 Å². The zero-order chi connectivity index (χ0) is 16.4. The molecule has 1 fully saturated rings. The number of hydrogen-bond donors (Lipinski definition) is 1. The Morgan fingerprint density at radius 2 is 2.13 bits per heavy atom. The van der Waals surface area contributed by atoms with Gasteiger partial charge >= 0.3 is 0 Å². The summed E-state index contributed by atoms with van der Waals surface area (Å²) in [4.78, 5) is 25.8. The van der Waals surface area contributed by atoms with Crippen molar-refractivity contribution in [3.8, 4) is 0 Å². The van der Waals surface area contributed by atoms with Gasteiger partial charge in [-0.3, -0.25) is 9.59 Å². The summed E-state index contributed by atoms with van der Waals surface area (Å²) in [6.45, 7) is 3.36. The van der Waals surface area contributed by atoms with Crippen LogP contribution in [0.4, 0.5) is 0 Å². The van der Waals surface area contributed by atoms with Gasteiger partial charge in [0.1, 0.15) is 0 Å². The molecule has 5 heteroatoms. The number of nitrogens with one attached hydrogen (secondary N) is 1. The van der Waals surface area contributed by atoms with Crippen LogP contribution in [0.1, 0.15) is 25.3 Å². The Bertz CT molecular complexity index is 735. The summed E-state index contributed by atoms with van der Waals surface area (Å²) >= 11 is 0. The first-order valence-corrected chi connectivity index (χ1v) is 8.14. The Kier molecular flexibility index (Phi) is 4.37. The van der Waals surface area contributed by atoms with Crippen molar-refractivity contribution in [1.29, 1.82) is 0 Å². The van der Waals surface area contributed by atoms with Crippen LogP contribution < -0.4 is 5.32 Å². The fourth-order valence-electron chi connectivity index (χ4n) is 3.34. The largest absolute Gasteiger partial charge is 0.352 e. The molecule has 0 radical (unpaired) electrons. The lowest BCUT2D eigenvalue weighted by atomic mass is 10.1. The fraction of sp³-hybridized carbons (Fsp3) is 0.444. The van der Waals surface area contributed by atoms with E-state index in [1.54, 1.807) is 0 Å². The predicted molar refractivity (Wildman–Crippen MR) is 90.0 cm³/mol. The number of fused-ring (bicyclic) bond motifs is 1. The number of carbonyl (C=O) groups is 2. The van der Waals surface area contributed by atoms with Crippen LogP contribution in [0.5, 0.6) is 0 Å². The number of rotatable bonds is 5. The van der Waals surface area contributed by atoms with E-state index in [4.69, 9.17) is 0 Å². The molecule has 0 bridgehead atoms. The fourth-order valence-corrected chi connectivity index (χ4v) is 3.34. The average Bonchev–Trinajstić information content (AvgIpc) is 3.04. The van der Waals surface area contributed by atoms with Crippen LogP contribution in [0.2, 0.25) is 0 Å². The molecule has 0 saturated carbocycles. The van der Waals surface area contributed by atoms with Gasteiger partial charge in [0.2, 0.25) is 11.8 Å². The molecule has 0 spiro atoms. The molecular weight excluding hydrogens is 290 g/mol. The van der Waals surface area contributed by atoms with Gasteiger partial charge in [-0.25, -0.2) is 0 Å². The van der Waals surface area contributed by atoms with Crippen molar-refractivity contribution in [3.05, 3.63) is 36.0 Å². The maximum Gasteiger partial charge on any atom is 0.224 e. The topological polar surface area (TPSA) is 54.3 Å². The Morgan fingerprint density at radius 3 is 2.87 bits per heavy atom. The molecule has 122 valence electrons. The highest BCUT2D eigenvalue weighted by molar-refractivity contribution is 5.89. The molecule has 3 rings (SSSR count). The summed E-state index contributed by atoms with van der Waals surface area (Å²) in [7, 11) is 1.99. The second-order valence-corrected chi connectivity index (χ2v) is 6.37. The minimum atomic E-state index is -0.0282.